The smallest absolute Gasteiger partial charge is 0.343 e. The van der Waals surface area contributed by atoms with Gasteiger partial charge in [-0.15, -0.1) is 0 Å². The number of likely N-dealkylation sites (N-methyl/N-ethyl adjacent to an activating group) is 1. The number of ether oxygens (including phenoxy) is 3. The van der Waals surface area contributed by atoms with E-state index in [1.165, 1.54) is 12.1 Å². The van der Waals surface area contributed by atoms with Gasteiger partial charge in [-0.1, -0.05) is 6.07 Å². The first kappa shape index (κ1) is 31.2. The van der Waals surface area contributed by atoms with Crippen molar-refractivity contribution in [2.24, 2.45) is 0 Å². The van der Waals surface area contributed by atoms with Crippen LogP contribution in [0.3, 0.4) is 0 Å². The lowest BCUT2D eigenvalue weighted by atomic mass is 9.50. The summed E-state index contributed by atoms with van der Waals surface area (Å²) in [6, 6.07) is 1.10. The summed E-state index contributed by atoms with van der Waals surface area (Å²) in [5, 5.41) is 63.2. The third-order valence-corrected chi connectivity index (χ3v) is 9.01. The van der Waals surface area contributed by atoms with Crippen LogP contribution in [0.25, 0.3) is 0 Å². The maximum atomic E-state index is 12.9. The number of aliphatic hydroxyl groups excluding tert-OH is 2. The molecule has 2 aliphatic heterocycles. The number of nitrogens with zero attached hydrogens (tertiary/aromatic N) is 1. The highest BCUT2D eigenvalue weighted by Gasteiger charge is 2.72. The second-order valence-electron chi connectivity index (χ2n) is 11.5. The highest BCUT2D eigenvalue weighted by molar-refractivity contribution is 5.91. The van der Waals surface area contributed by atoms with Crippen molar-refractivity contribution >= 4 is 29.8 Å². The number of aliphatic hydroxyl groups is 3. The summed E-state index contributed by atoms with van der Waals surface area (Å²) in [5.74, 6) is -7.59. The molecule has 238 valence electrons. The second-order valence-corrected chi connectivity index (χ2v) is 11.5. The van der Waals surface area contributed by atoms with Crippen molar-refractivity contribution in [1.29, 1.82) is 0 Å². The molecule has 2 bridgehead atoms. The molecule has 2 heterocycles. The van der Waals surface area contributed by atoms with E-state index >= 15 is 0 Å². The third-order valence-electron chi connectivity index (χ3n) is 9.01. The monoisotopic (exact) mass is 620 g/mol. The normalized spacial score (nSPS) is 29.1. The number of carbonyl (C=O) groups is 5. The van der Waals surface area contributed by atoms with Crippen molar-refractivity contribution < 1.29 is 68.8 Å². The van der Waals surface area contributed by atoms with E-state index in [1.54, 1.807) is 6.07 Å². The first-order chi connectivity index (χ1) is 20.6. The van der Waals surface area contributed by atoms with Crippen molar-refractivity contribution in [3.63, 3.8) is 0 Å². The highest BCUT2D eigenvalue weighted by Crippen LogP contribution is 2.65. The number of likely N-dealkylation sites (tertiary alicyclic amines) is 1. The standard InChI is InChI=1S/C28H32N2O14/c1-11(23(36)29-13(24(37)38)10-17(32)33)42-25(39)19(34)20(35)26(40)43-15-5-6-28(41)16-9-12-3-4-14(31)21-18(12)27(28,22(15)44-21)7-8-30(16)2/h3-5,11,13,16,19-20,22,31,34-35,41H,6-10H2,1-2H3,(H,29,36)(H,32,33)(H,37,38)/t11-,13-,16-,19+,20+,22-,27-,28+/m0/s1. The number of benzene rings is 1. The largest absolute Gasteiger partial charge is 0.504 e. The number of carboxylic acid groups (broad SMARTS) is 2. The maximum absolute atomic E-state index is 12.9. The number of phenols is 1. The van der Waals surface area contributed by atoms with Gasteiger partial charge in [0.15, 0.2) is 35.9 Å². The molecule has 1 saturated heterocycles. The zero-order chi connectivity index (χ0) is 32.3. The van der Waals surface area contributed by atoms with Crippen molar-refractivity contribution in [2.75, 3.05) is 13.6 Å². The number of phenolic OH excluding ortho intramolecular Hbond substituents is 1. The Hall–Kier alpha value is -4.25. The van der Waals surface area contributed by atoms with Crippen LogP contribution >= 0.6 is 0 Å². The fourth-order valence-electron chi connectivity index (χ4n) is 6.83. The van der Waals surface area contributed by atoms with Crippen LogP contribution in [0.2, 0.25) is 0 Å². The summed E-state index contributed by atoms with van der Waals surface area (Å²) in [4.78, 5) is 61.6. The molecule has 0 aromatic heterocycles. The van der Waals surface area contributed by atoms with Gasteiger partial charge in [-0.25, -0.2) is 14.4 Å². The van der Waals surface area contributed by atoms with Crippen molar-refractivity contribution in [3.05, 3.63) is 35.1 Å². The molecule has 44 heavy (non-hydrogen) atoms. The number of rotatable bonds is 10. The summed E-state index contributed by atoms with van der Waals surface area (Å²) in [5.41, 5.74) is -0.963. The topological polar surface area (TPSA) is 250 Å². The van der Waals surface area contributed by atoms with Crippen LogP contribution < -0.4 is 10.1 Å². The Bertz CT molecular complexity index is 1460. The van der Waals surface area contributed by atoms with E-state index in [4.69, 9.17) is 24.4 Å². The zero-order valence-electron chi connectivity index (χ0n) is 23.6. The average Bonchev–Trinajstić information content (AvgIpc) is 3.32. The van der Waals surface area contributed by atoms with Crippen LogP contribution in [0.15, 0.2) is 24.0 Å². The maximum Gasteiger partial charge on any atom is 0.343 e. The molecule has 0 saturated carbocycles. The van der Waals surface area contributed by atoms with Crippen LogP contribution in [-0.4, -0.2) is 121 Å². The minimum Gasteiger partial charge on any atom is -0.504 e. The minimum atomic E-state index is -2.54. The summed E-state index contributed by atoms with van der Waals surface area (Å²) in [7, 11) is 1.90. The average molecular weight is 621 g/mol. The number of piperidine rings is 1. The van der Waals surface area contributed by atoms with E-state index < -0.39 is 77.7 Å². The summed E-state index contributed by atoms with van der Waals surface area (Å²) in [6.07, 6.45) is -6.49. The molecule has 8 atom stereocenters. The number of hydrogen-bond acceptors (Lipinski definition) is 13. The van der Waals surface area contributed by atoms with E-state index in [0.29, 0.717) is 24.9 Å². The highest BCUT2D eigenvalue weighted by atomic mass is 16.6. The van der Waals surface area contributed by atoms with Gasteiger partial charge in [-0.2, -0.15) is 0 Å². The van der Waals surface area contributed by atoms with Crippen molar-refractivity contribution in [3.8, 4) is 11.5 Å². The molecule has 1 aromatic carbocycles. The molecule has 4 aliphatic rings. The number of hydrogen-bond donors (Lipinski definition) is 7. The molecule has 2 aliphatic carbocycles. The molecule has 16 heteroatoms. The van der Waals surface area contributed by atoms with Gasteiger partial charge in [0.25, 0.3) is 5.91 Å². The SMILES string of the molecule is C[C@H](OC(=O)[C@H](O)[C@@H](O)C(=O)OC1=CC[C@@]2(O)[C@@H]3Cc4ccc(O)c5c4[C@@]2(CCN3C)[C@H]1O5)C(=O)N[C@@H](CC(=O)O)C(=O)O. The first-order valence-electron chi connectivity index (χ1n) is 13.8. The summed E-state index contributed by atoms with van der Waals surface area (Å²) < 4.78 is 16.3. The first-order valence-corrected chi connectivity index (χ1v) is 13.8. The van der Waals surface area contributed by atoms with E-state index in [-0.39, 0.29) is 29.7 Å². The van der Waals surface area contributed by atoms with Crippen molar-refractivity contribution in [1.82, 2.24) is 10.2 Å². The quantitative estimate of drug-likeness (QED) is 0.139. The Balaban J connectivity index is 1.29. The van der Waals surface area contributed by atoms with Crippen molar-refractivity contribution in [2.45, 2.75) is 80.1 Å². The molecule has 16 nitrogen and oxygen atoms in total. The fraction of sp³-hybridized carbons (Fsp3) is 0.536. The molecule has 7 N–H and O–H groups in total. The molecule has 0 unspecified atom stereocenters. The lowest BCUT2D eigenvalue weighted by Gasteiger charge is -2.61. The zero-order valence-corrected chi connectivity index (χ0v) is 23.6. The Morgan fingerprint density at radius 3 is 2.48 bits per heavy atom. The van der Waals surface area contributed by atoms with Gasteiger partial charge < -0.3 is 55.1 Å². The van der Waals surface area contributed by atoms with Crippen LogP contribution in [-0.2, 0) is 45.3 Å². The van der Waals surface area contributed by atoms with E-state index in [9.17, 15) is 44.4 Å². The molecular weight excluding hydrogens is 588 g/mol. The minimum absolute atomic E-state index is 0.0333. The van der Waals surface area contributed by atoms with Gasteiger partial charge in [0.05, 0.1) is 17.4 Å². The molecule has 1 aromatic rings. The van der Waals surface area contributed by atoms with Crippen LogP contribution in [0.4, 0.5) is 0 Å². The predicted octanol–water partition coefficient (Wildman–Crippen LogP) is -2.09. The van der Waals surface area contributed by atoms with Gasteiger partial charge in [-0.05, 0) is 51.1 Å². The second kappa shape index (κ2) is 11.0. The van der Waals surface area contributed by atoms with Gasteiger partial charge in [0, 0.05) is 18.0 Å². The van der Waals surface area contributed by atoms with Gasteiger partial charge >= 0.3 is 23.9 Å². The van der Waals surface area contributed by atoms with E-state index in [2.05, 4.69) is 0 Å². The summed E-state index contributed by atoms with van der Waals surface area (Å²) >= 11 is 0. The molecule has 5 rings (SSSR count). The van der Waals surface area contributed by atoms with Crippen LogP contribution in [0.1, 0.15) is 37.3 Å². The molecule has 1 amide bonds. The summed E-state index contributed by atoms with van der Waals surface area (Å²) in [6.45, 7) is 1.56. The Kier molecular flexibility index (Phi) is 7.82. The number of aromatic hydroxyl groups is 1. The predicted molar refractivity (Wildman–Crippen MR) is 142 cm³/mol. The lowest BCUT2D eigenvalue weighted by molar-refractivity contribution is -0.181. The number of amides is 1. The van der Waals surface area contributed by atoms with Crippen LogP contribution in [0, 0.1) is 0 Å². The molecule has 1 fully saturated rings. The van der Waals surface area contributed by atoms with Gasteiger partial charge in [0.2, 0.25) is 0 Å². The van der Waals surface area contributed by atoms with Gasteiger partial charge in [-0.3, -0.25) is 9.59 Å². The van der Waals surface area contributed by atoms with Gasteiger partial charge in [0.1, 0.15) is 11.8 Å². The number of carboxylic acids is 2. The number of esters is 2. The van der Waals surface area contributed by atoms with E-state index in [0.717, 1.165) is 12.5 Å². The molecule has 0 radical (unpaired) electrons. The Morgan fingerprint density at radius 2 is 1.82 bits per heavy atom. The number of aliphatic carboxylic acids is 2. The lowest BCUT2D eigenvalue weighted by Crippen LogP contribution is -2.74. The number of carbonyl (C=O) groups excluding carboxylic acids is 3. The van der Waals surface area contributed by atoms with Crippen LogP contribution in [0.5, 0.6) is 11.5 Å². The van der Waals surface area contributed by atoms with E-state index in [1.807, 2.05) is 17.3 Å². The number of nitrogens with one attached hydrogen (secondary N) is 1. The Labute approximate surface area is 249 Å². The Morgan fingerprint density at radius 1 is 1.14 bits per heavy atom. The molecule has 1 spiro atoms. The fourth-order valence-corrected chi connectivity index (χ4v) is 6.83. The third kappa shape index (κ3) is 4.74. The molecular formula is C28H32N2O14.